The first-order valence-electron chi connectivity index (χ1n) is 6.92. The molecule has 0 aromatic carbocycles. The summed E-state index contributed by atoms with van der Waals surface area (Å²) in [6, 6.07) is 3.45. The zero-order chi connectivity index (χ0) is 15.1. The van der Waals surface area contributed by atoms with Crippen molar-refractivity contribution in [2.75, 3.05) is 30.7 Å². The van der Waals surface area contributed by atoms with Crippen molar-refractivity contribution >= 4 is 17.4 Å². The van der Waals surface area contributed by atoms with Crippen LogP contribution in [0.2, 0.25) is 0 Å². The van der Waals surface area contributed by atoms with Crippen LogP contribution in [0.15, 0.2) is 12.1 Å². The number of nitrogens with one attached hydrogen (secondary N) is 1. The number of nitrogen functional groups attached to an aromatic ring is 1. The third kappa shape index (κ3) is 4.60. The molecule has 1 amide bonds. The van der Waals surface area contributed by atoms with Gasteiger partial charge in [0.15, 0.2) is 0 Å². The monoisotopic (exact) mass is 280 g/mol. The molecule has 6 nitrogen and oxygen atoms in total. The first-order chi connectivity index (χ1) is 9.47. The molecule has 0 saturated carbocycles. The second kappa shape index (κ2) is 7.57. The van der Waals surface area contributed by atoms with Crippen LogP contribution in [0.3, 0.4) is 0 Å². The van der Waals surface area contributed by atoms with Gasteiger partial charge in [-0.1, -0.05) is 0 Å². The smallest absolute Gasteiger partial charge is 0.241 e. The predicted molar refractivity (Wildman–Crippen MR) is 80.8 cm³/mol. The van der Waals surface area contributed by atoms with E-state index in [1.165, 1.54) is 0 Å². The van der Waals surface area contributed by atoms with Crippen LogP contribution in [0.5, 0.6) is 5.88 Å². The number of hydrogen-bond donors (Lipinski definition) is 2. The molecule has 0 radical (unpaired) electrons. The van der Waals surface area contributed by atoms with Gasteiger partial charge in [0, 0.05) is 13.1 Å². The van der Waals surface area contributed by atoms with E-state index in [1.54, 1.807) is 17.0 Å². The maximum Gasteiger partial charge on any atom is 0.241 e. The Morgan fingerprint density at radius 1 is 1.40 bits per heavy atom. The molecule has 1 heterocycles. The van der Waals surface area contributed by atoms with Gasteiger partial charge < -0.3 is 20.7 Å². The van der Waals surface area contributed by atoms with E-state index in [2.05, 4.69) is 10.3 Å². The van der Waals surface area contributed by atoms with Crippen molar-refractivity contribution in [1.82, 2.24) is 9.88 Å². The summed E-state index contributed by atoms with van der Waals surface area (Å²) in [4.78, 5) is 17.9. The summed E-state index contributed by atoms with van der Waals surface area (Å²) >= 11 is 0. The van der Waals surface area contributed by atoms with Gasteiger partial charge >= 0.3 is 0 Å². The van der Waals surface area contributed by atoms with Crippen molar-refractivity contribution in [2.24, 2.45) is 0 Å². The van der Waals surface area contributed by atoms with Gasteiger partial charge in [0.2, 0.25) is 11.8 Å². The maximum absolute atomic E-state index is 11.9. The van der Waals surface area contributed by atoms with Crippen LogP contribution in [0.1, 0.15) is 27.7 Å². The zero-order valence-electron chi connectivity index (χ0n) is 12.6. The van der Waals surface area contributed by atoms with Gasteiger partial charge in [-0.15, -0.1) is 0 Å². The van der Waals surface area contributed by atoms with Gasteiger partial charge in [-0.2, -0.15) is 4.98 Å². The number of pyridine rings is 1. The summed E-state index contributed by atoms with van der Waals surface area (Å²) < 4.78 is 5.51. The number of hydrogen-bond acceptors (Lipinski definition) is 5. The average Bonchev–Trinajstić information content (AvgIpc) is 2.40. The number of nitrogens with two attached hydrogens (primary N) is 1. The lowest BCUT2D eigenvalue weighted by molar-refractivity contribution is -0.128. The summed E-state index contributed by atoms with van der Waals surface area (Å²) in [7, 11) is 0. The molecule has 6 heteroatoms. The Morgan fingerprint density at radius 3 is 2.60 bits per heavy atom. The molecular weight excluding hydrogens is 256 g/mol. The van der Waals surface area contributed by atoms with E-state index in [4.69, 9.17) is 10.5 Å². The number of carbonyl (C=O) groups excluding carboxylic acids is 1. The zero-order valence-corrected chi connectivity index (χ0v) is 12.6. The van der Waals surface area contributed by atoms with Gasteiger partial charge in [-0.05, 0) is 39.8 Å². The van der Waals surface area contributed by atoms with Gasteiger partial charge in [0.05, 0.1) is 18.3 Å². The normalized spacial score (nSPS) is 10.4. The Balaban J connectivity index is 2.66. The lowest BCUT2D eigenvalue weighted by atomic mass is 10.3. The van der Waals surface area contributed by atoms with E-state index in [1.807, 2.05) is 27.7 Å². The summed E-state index contributed by atoms with van der Waals surface area (Å²) in [5.41, 5.74) is 6.28. The first-order valence-corrected chi connectivity index (χ1v) is 6.92. The molecule has 0 saturated heterocycles. The molecule has 1 aromatic rings. The molecule has 0 aliphatic rings. The second-order valence-corrected chi connectivity index (χ2v) is 4.68. The van der Waals surface area contributed by atoms with Crippen LogP contribution in [0.4, 0.5) is 11.5 Å². The maximum atomic E-state index is 11.9. The highest BCUT2D eigenvalue weighted by Crippen LogP contribution is 2.21. The van der Waals surface area contributed by atoms with Gasteiger partial charge in [-0.3, -0.25) is 4.79 Å². The minimum atomic E-state index is -0.00245. The van der Waals surface area contributed by atoms with E-state index < -0.39 is 0 Å². The van der Waals surface area contributed by atoms with E-state index in [9.17, 15) is 4.79 Å². The lowest BCUT2D eigenvalue weighted by Crippen LogP contribution is -2.35. The molecule has 0 atom stereocenters. The number of amides is 1. The Kier molecular flexibility index (Phi) is 6.09. The van der Waals surface area contributed by atoms with E-state index in [-0.39, 0.29) is 18.6 Å². The van der Waals surface area contributed by atoms with Gasteiger partial charge in [0.1, 0.15) is 5.82 Å². The first kappa shape index (κ1) is 16.1. The van der Waals surface area contributed by atoms with E-state index in [0.717, 1.165) is 0 Å². The molecule has 0 spiro atoms. The highest BCUT2D eigenvalue weighted by Gasteiger charge is 2.10. The number of ether oxygens (including phenoxy) is 1. The minimum Gasteiger partial charge on any atom is -0.473 e. The van der Waals surface area contributed by atoms with Crippen LogP contribution in [-0.2, 0) is 4.79 Å². The van der Waals surface area contributed by atoms with E-state index in [0.29, 0.717) is 30.5 Å². The fourth-order valence-electron chi connectivity index (χ4n) is 1.72. The molecular formula is C14H24N4O2. The molecule has 20 heavy (non-hydrogen) atoms. The molecule has 1 rings (SSSR count). The summed E-state index contributed by atoms with van der Waals surface area (Å²) in [5, 5.41) is 3.00. The molecule has 0 bridgehead atoms. The van der Waals surface area contributed by atoms with Crippen LogP contribution in [0, 0.1) is 0 Å². The molecule has 0 aliphatic heterocycles. The van der Waals surface area contributed by atoms with Crippen molar-refractivity contribution in [3.05, 3.63) is 12.1 Å². The van der Waals surface area contributed by atoms with Crippen molar-refractivity contribution in [1.29, 1.82) is 0 Å². The third-order valence-corrected chi connectivity index (χ3v) is 2.77. The number of carbonyl (C=O) groups is 1. The summed E-state index contributed by atoms with van der Waals surface area (Å²) in [6.45, 7) is 9.34. The quantitative estimate of drug-likeness (QED) is 0.795. The molecule has 112 valence electrons. The fraction of sp³-hybridized carbons (Fsp3) is 0.571. The predicted octanol–water partition coefficient (Wildman–Crippen LogP) is 1.73. The standard InChI is InChI=1S/C14H24N4O2/c1-5-18(6-2)13(19)9-16-12-8-7-11(15)14(17-12)20-10(3)4/h7-8,10H,5-6,9,15H2,1-4H3,(H,16,17). The number of nitrogens with zero attached hydrogens (tertiary/aromatic N) is 2. The van der Waals surface area contributed by atoms with Crippen molar-refractivity contribution in [3.63, 3.8) is 0 Å². The Hall–Kier alpha value is -1.98. The molecule has 3 N–H and O–H groups in total. The van der Waals surface area contributed by atoms with E-state index >= 15 is 0 Å². The number of rotatable bonds is 7. The molecule has 0 fully saturated rings. The topological polar surface area (TPSA) is 80.5 Å². The minimum absolute atomic E-state index is 0.00245. The number of aromatic nitrogens is 1. The Morgan fingerprint density at radius 2 is 2.05 bits per heavy atom. The lowest BCUT2D eigenvalue weighted by Gasteiger charge is -2.19. The largest absolute Gasteiger partial charge is 0.473 e. The number of likely N-dealkylation sites (N-methyl/N-ethyl adjacent to an activating group) is 1. The SMILES string of the molecule is CCN(CC)C(=O)CNc1ccc(N)c(OC(C)C)n1. The third-order valence-electron chi connectivity index (χ3n) is 2.77. The average molecular weight is 280 g/mol. The fourth-order valence-corrected chi connectivity index (χ4v) is 1.72. The summed E-state index contributed by atoms with van der Waals surface area (Å²) in [6.07, 6.45) is -0.00245. The van der Waals surface area contributed by atoms with Crippen molar-refractivity contribution in [2.45, 2.75) is 33.8 Å². The number of anilines is 2. The van der Waals surface area contributed by atoms with Gasteiger partial charge in [-0.25, -0.2) is 0 Å². The molecule has 0 aliphatic carbocycles. The van der Waals surface area contributed by atoms with Crippen LogP contribution >= 0.6 is 0 Å². The van der Waals surface area contributed by atoms with Crippen LogP contribution in [0.25, 0.3) is 0 Å². The van der Waals surface area contributed by atoms with Crippen LogP contribution < -0.4 is 15.8 Å². The van der Waals surface area contributed by atoms with Gasteiger partial charge in [0.25, 0.3) is 0 Å². The Labute approximate surface area is 120 Å². The van der Waals surface area contributed by atoms with Crippen molar-refractivity contribution < 1.29 is 9.53 Å². The second-order valence-electron chi connectivity index (χ2n) is 4.68. The highest BCUT2D eigenvalue weighted by molar-refractivity contribution is 5.80. The van der Waals surface area contributed by atoms with Crippen molar-refractivity contribution in [3.8, 4) is 5.88 Å². The van der Waals surface area contributed by atoms with Crippen LogP contribution in [-0.4, -0.2) is 41.5 Å². The Bertz CT molecular complexity index is 445. The molecule has 1 aromatic heterocycles. The summed E-state index contributed by atoms with van der Waals surface area (Å²) in [5.74, 6) is 1.01. The highest BCUT2D eigenvalue weighted by atomic mass is 16.5. The molecule has 0 unspecified atom stereocenters.